The largest absolute Gasteiger partial charge is 0.495 e. The zero-order valence-electron chi connectivity index (χ0n) is 11.1. The van der Waals surface area contributed by atoms with E-state index in [2.05, 4.69) is 21.3 Å². The van der Waals surface area contributed by atoms with Gasteiger partial charge in [0.2, 0.25) is 0 Å². The van der Waals surface area contributed by atoms with Gasteiger partial charge in [0.1, 0.15) is 23.2 Å². The second kappa shape index (κ2) is 4.71. The Morgan fingerprint density at radius 1 is 1.42 bits per heavy atom. The van der Waals surface area contributed by atoms with Gasteiger partial charge in [-0.05, 0) is 25.9 Å². The van der Waals surface area contributed by atoms with E-state index in [1.54, 1.807) is 13.3 Å². The Bertz CT molecular complexity index is 509. The van der Waals surface area contributed by atoms with Crippen molar-refractivity contribution in [3.8, 4) is 11.8 Å². The molecule has 1 aromatic heterocycles. The average molecular weight is 258 g/mol. The molecule has 0 saturated carbocycles. The molecule has 1 N–H and O–H groups in total. The molecule has 5 heteroatoms. The van der Waals surface area contributed by atoms with Gasteiger partial charge in [-0.2, -0.15) is 5.26 Å². The van der Waals surface area contributed by atoms with Crippen LogP contribution in [-0.2, 0) is 0 Å². The first-order valence-electron chi connectivity index (χ1n) is 6.66. The minimum Gasteiger partial charge on any atom is -0.495 e. The number of aromatic nitrogens is 1. The van der Waals surface area contributed by atoms with Crippen LogP contribution in [0.2, 0.25) is 0 Å². The first-order valence-corrected chi connectivity index (χ1v) is 6.66. The van der Waals surface area contributed by atoms with E-state index in [1.165, 1.54) is 12.8 Å². The van der Waals surface area contributed by atoms with Gasteiger partial charge in [-0.15, -0.1) is 0 Å². The maximum atomic E-state index is 8.96. The van der Waals surface area contributed by atoms with E-state index in [1.807, 2.05) is 6.07 Å². The normalized spacial score (nSPS) is 20.7. The van der Waals surface area contributed by atoms with Crippen LogP contribution in [0.5, 0.6) is 5.75 Å². The maximum Gasteiger partial charge on any atom is 0.141 e. The van der Waals surface area contributed by atoms with E-state index in [0.29, 0.717) is 16.7 Å². The van der Waals surface area contributed by atoms with E-state index < -0.39 is 0 Å². The third-order valence-electron chi connectivity index (χ3n) is 4.23. The minimum absolute atomic E-state index is 0.480. The van der Waals surface area contributed by atoms with Gasteiger partial charge in [0.25, 0.3) is 0 Å². The molecule has 2 aliphatic rings. The molecule has 0 aliphatic carbocycles. The third-order valence-corrected chi connectivity index (χ3v) is 4.23. The fraction of sp³-hybridized carbons (Fsp3) is 0.571. The maximum absolute atomic E-state index is 8.96. The van der Waals surface area contributed by atoms with Gasteiger partial charge in [-0.25, -0.2) is 4.98 Å². The van der Waals surface area contributed by atoms with Gasteiger partial charge in [-0.3, -0.25) is 0 Å². The fourth-order valence-corrected chi connectivity index (χ4v) is 3.05. The molecule has 3 rings (SSSR count). The lowest BCUT2D eigenvalue weighted by atomic mass is 9.72. The smallest absolute Gasteiger partial charge is 0.141 e. The summed E-state index contributed by atoms with van der Waals surface area (Å²) in [6.45, 7) is 4.38. The van der Waals surface area contributed by atoms with E-state index in [9.17, 15) is 0 Å². The molecule has 0 radical (unpaired) electrons. The average Bonchev–Trinajstić information content (AvgIpc) is 2.44. The van der Waals surface area contributed by atoms with Crippen LogP contribution >= 0.6 is 0 Å². The second-order valence-electron chi connectivity index (χ2n) is 5.46. The molecule has 0 bridgehead atoms. The molecule has 0 amide bonds. The van der Waals surface area contributed by atoms with Crippen molar-refractivity contribution < 1.29 is 4.74 Å². The van der Waals surface area contributed by atoms with Crippen molar-refractivity contribution in [1.82, 2.24) is 10.3 Å². The molecule has 1 aromatic rings. The molecule has 2 saturated heterocycles. The molecule has 2 fully saturated rings. The fourth-order valence-electron chi connectivity index (χ4n) is 3.05. The summed E-state index contributed by atoms with van der Waals surface area (Å²) >= 11 is 0. The highest BCUT2D eigenvalue weighted by Crippen LogP contribution is 2.41. The molecule has 5 nitrogen and oxygen atoms in total. The summed E-state index contributed by atoms with van der Waals surface area (Å²) in [5, 5.41) is 12.4. The predicted molar refractivity (Wildman–Crippen MR) is 72.3 cm³/mol. The lowest BCUT2D eigenvalue weighted by molar-refractivity contribution is 0.149. The molecule has 0 unspecified atom stereocenters. The number of nitriles is 1. The van der Waals surface area contributed by atoms with Crippen LogP contribution in [-0.4, -0.2) is 38.3 Å². The summed E-state index contributed by atoms with van der Waals surface area (Å²) in [6.07, 6.45) is 4.09. The number of piperidine rings is 1. The molecule has 1 spiro atoms. The Labute approximate surface area is 113 Å². The number of pyridine rings is 1. The predicted octanol–water partition coefficient (Wildman–Crippen LogP) is 1.15. The highest BCUT2D eigenvalue weighted by molar-refractivity contribution is 5.53. The summed E-state index contributed by atoms with van der Waals surface area (Å²) in [4.78, 5) is 6.64. The van der Waals surface area contributed by atoms with E-state index in [4.69, 9.17) is 10.00 Å². The van der Waals surface area contributed by atoms with E-state index in [-0.39, 0.29) is 0 Å². The number of hydrogen-bond donors (Lipinski definition) is 1. The van der Waals surface area contributed by atoms with E-state index in [0.717, 1.165) is 32.0 Å². The molecule has 0 aromatic carbocycles. The minimum atomic E-state index is 0.480. The summed E-state index contributed by atoms with van der Waals surface area (Å²) < 4.78 is 5.23. The van der Waals surface area contributed by atoms with Gasteiger partial charge in [0.05, 0.1) is 13.3 Å². The quantitative estimate of drug-likeness (QED) is 0.862. The summed E-state index contributed by atoms with van der Waals surface area (Å²) in [6, 6.07) is 3.96. The van der Waals surface area contributed by atoms with Gasteiger partial charge in [-0.1, -0.05) is 0 Å². The lowest BCUT2D eigenvalue weighted by Gasteiger charge is -2.53. The Balaban J connectivity index is 1.73. The summed E-state index contributed by atoms with van der Waals surface area (Å²) in [5.41, 5.74) is 0.969. The van der Waals surface area contributed by atoms with Crippen LogP contribution in [0.4, 0.5) is 5.82 Å². The van der Waals surface area contributed by atoms with Crippen molar-refractivity contribution in [2.75, 3.05) is 38.2 Å². The zero-order chi connectivity index (χ0) is 13.3. The van der Waals surface area contributed by atoms with Crippen molar-refractivity contribution in [3.63, 3.8) is 0 Å². The SMILES string of the molecule is COc1cc(N2CC3(CCNCC3)C2)ncc1C#N. The van der Waals surface area contributed by atoms with Crippen molar-refractivity contribution in [1.29, 1.82) is 5.26 Å². The third kappa shape index (κ3) is 2.13. The van der Waals surface area contributed by atoms with Gasteiger partial charge in [0.15, 0.2) is 0 Å². The van der Waals surface area contributed by atoms with Gasteiger partial charge < -0.3 is 15.0 Å². The molecular formula is C14H18N4O. The molecular weight excluding hydrogens is 240 g/mol. The van der Waals surface area contributed by atoms with Crippen LogP contribution in [0.3, 0.4) is 0 Å². The Kier molecular flexibility index (Phi) is 3.03. The monoisotopic (exact) mass is 258 g/mol. The number of nitrogens with one attached hydrogen (secondary N) is 1. The number of nitrogens with zero attached hydrogens (tertiary/aromatic N) is 3. The van der Waals surface area contributed by atoms with Crippen LogP contribution < -0.4 is 15.0 Å². The number of hydrogen-bond acceptors (Lipinski definition) is 5. The number of rotatable bonds is 2. The number of anilines is 1. The molecule has 3 heterocycles. The summed E-state index contributed by atoms with van der Waals surface area (Å²) in [5.74, 6) is 1.53. The first kappa shape index (κ1) is 12.2. The van der Waals surface area contributed by atoms with Crippen molar-refractivity contribution >= 4 is 5.82 Å². The molecule has 0 atom stereocenters. The molecule has 19 heavy (non-hydrogen) atoms. The number of methoxy groups -OCH3 is 1. The van der Waals surface area contributed by atoms with E-state index >= 15 is 0 Å². The highest BCUT2D eigenvalue weighted by atomic mass is 16.5. The van der Waals surface area contributed by atoms with Crippen LogP contribution in [0, 0.1) is 16.7 Å². The lowest BCUT2D eigenvalue weighted by Crippen LogP contribution is -2.60. The highest BCUT2D eigenvalue weighted by Gasteiger charge is 2.43. The van der Waals surface area contributed by atoms with Crippen LogP contribution in [0.25, 0.3) is 0 Å². The van der Waals surface area contributed by atoms with Crippen molar-refractivity contribution in [2.45, 2.75) is 12.8 Å². The summed E-state index contributed by atoms with van der Waals surface area (Å²) in [7, 11) is 1.59. The first-order chi connectivity index (χ1) is 9.26. The van der Waals surface area contributed by atoms with Crippen molar-refractivity contribution in [2.24, 2.45) is 5.41 Å². The molecule has 2 aliphatic heterocycles. The second-order valence-corrected chi connectivity index (χ2v) is 5.46. The Morgan fingerprint density at radius 2 is 2.16 bits per heavy atom. The molecule has 100 valence electrons. The van der Waals surface area contributed by atoms with Crippen LogP contribution in [0.15, 0.2) is 12.3 Å². The van der Waals surface area contributed by atoms with Crippen molar-refractivity contribution in [3.05, 3.63) is 17.8 Å². The van der Waals surface area contributed by atoms with Crippen LogP contribution in [0.1, 0.15) is 18.4 Å². The standard InChI is InChI=1S/C14H18N4O/c1-19-12-6-13(17-8-11(12)7-15)18-9-14(10-18)2-4-16-5-3-14/h6,8,16H,2-5,9-10H2,1H3. The Morgan fingerprint density at radius 3 is 2.79 bits per heavy atom. The number of ether oxygens (including phenoxy) is 1. The topological polar surface area (TPSA) is 61.2 Å². The van der Waals surface area contributed by atoms with Gasteiger partial charge in [0, 0.05) is 24.6 Å². The van der Waals surface area contributed by atoms with Gasteiger partial charge >= 0.3 is 0 Å². The Hall–Kier alpha value is -1.80. The zero-order valence-corrected chi connectivity index (χ0v) is 11.1.